The van der Waals surface area contributed by atoms with Gasteiger partial charge in [0.2, 0.25) is 0 Å². The second-order valence-electron chi connectivity index (χ2n) is 5.93. The van der Waals surface area contributed by atoms with Gasteiger partial charge in [-0.05, 0) is 60.6 Å². The van der Waals surface area contributed by atoms with Crippen LogP contribution in [-0.2, 0) is 18.4 Å². The molecule has 2 N–H and O–H groups in total. The van der Waals surface area contributed by atoms with Crippen molar-refractivity contribution in [1.82, 2.24) is 0 Å². The van der Waals surface area contributed by atoms with Crippen LogP contribution >= 0.6 is 11.6 Å². The van der Waals surface area contributed by atoms with E-state index in [1.165, 1.54) is 23.3 Å². The van der Waals surface area contributed by atoms with Crippen molar-refractivity contribution in [2.45, 2.75) is 37.6 Å². The zero-order chi connectivity index (χ0) is 14.9. The van der Waals surface area contributed by atoms with Gasteiger partial charge in [-0.3, -0.25) is 0 Å². The summed E-state index contributed by atoms with van der Waals surface area (Å²) in [5.41, 5.74) is 9.55. The maximum atomic E-state index is 13.5. The Morgan fingerprint density at radius 3 is 2.81 bits per heavy atom. The minimum absolute atomic E-state index is 0.264. The van der Waals surface area contributed by atoms with E-state index in [0.29, 0.717) is 11.4 Å². The van der Waals surface area contributed by atoms with Crippen LogP contribution in [0.3, 0.4) is 0 Å². The number of hydrogen-bond donors (Lipinski definition) is 1. The van der Waals surface area contributed by atoms with Crippen molar-refractivity contribution in [2.24, 2.45) is 5.73 Å². The molecule has 1 aliphatic carbocycles. The van der Waals surface area contributed by atoms with Crippen LogP contribution in [0.25, 0.3) is 0 Å². The first kappa shape index (κ1) is 14.6. The Labute approximate surface area is 129 Å². The molecular formula is C18H19ClFN. The smallest absolute Gasteiger partial charge is 0.123 e. The van der Waals surface area contributed by atoms with E-state index in [9.17, 15) is 4.39 Å². The van der Waals surface area contributed by atoms with Crippen LogP contribution in [0.4, 0.5) is 4.39 Å². The number of benzene rings is 2. The summed E-state index contributed by atoms with van der Waals surface area (Å²) in [4.78, 5) is 0. The van der Waals surface area contributed by atoms with Gasteiger partial charge in [0, 0.05) is 10.6 Å². The van der Waals surface area contributed by atoms with Crippen LogP contribution in [0.1, 0.15) is 36.0 Å². The van der Waals surface area contributed by atoms with Crippen molar-refractivity contribution in [3.8, 4) is 0 Å². The van der Waals surface area contributed by atoms with Crippen molar-refractivity contribution in [3.63, 3.8) is 0 Å². The second-order valence-corrected chi connectivity index (χ2v) is 6.34. The van der Waals surface area contributed by atoms with Crippen molar-refractivity contribution in [1.29, 1.82) is 0 Å². The van der Waals surface area contributed by atoms with Gasteiger partial charge in [0.1, 0.15) is 5.82 Å². The summed E-state index contributed by atoms with van der Waals surface area (Å²) in [6.07, 6.45) is 4.76. The van der Waals surface area contributed by atoms with Gasteiger partial charge in [0.15, 0.2) is 0 Å². The standard InChI is InChI=1S/C18H19ClFN/c19-17-9-8-15(20)11-14(17)12-18(21)10-4-3-6-13-5-1-2-7-16(13)18/h1-2,5,7-9,11H,3-4,6,10,12,21H2. The first-order valence-electron chi connectivity index (χ1n) is 7.40. The van der Waals surface area contributed by atoms with Crippen molar-refractivity contribution >= 4 is 11.6 Å². The van der Waals surface area contributed by atoms with E-state index < -0.39 is 5.54 Å². The zero-order valence-corrected chi connectivity index (χ0v) is 12.7. The van der Waals surface area contributed by atoms with Gasteiger partial charge in [0.25, 0.3) is 0 Å². The van der Waals surface area contributed by atoms with Crippen LogP contribution < -0.4 is 5.73 Å². The lowest BCUT2D eigenvalue weighted by Gasteiger charge is -2.31. The van der Waals surface area contributed by atoms with Gasteiger partial charge >= 0.3 is 0 Å². The first-order valence-corrected chi connectivity index (χ1v) is 7.77. The summed E-state index contributed by atoms with van der Waals surface area (Å²) in [5.74, 6) is -0.264. The minimum Gasteiger partial charge on any atom is -0.321 e. The quantitative estimate of drug-likeness (QED) is 0.806. The Morgan fingerprint density at radius 1 is 1.14 bits per heavy atom. The van der Waals surface area contributed by atoms with Gasteiger partial charge in [-0.15, -0.1) is 0 Å². The molecular weight excluding hydrogens is 285 g/mol. The predicted octanol–water partition coefficient (Wildman–Crippen LogP) is 4.60. The Hall–Kier alpha value is -1.38. The monoisotopic (exact) mass is 303 g/mol. The number of aryl methyl sites for hydroxylation is 1. The maximum Gasteiger partial charge on any atom is 0.123 e. The molecule has 0 saturated carbocycles. The summed E-state index contributed by atoms with van der Waals surface area (Å²) in [6, 6.07) is 12.8. The van der Waals surface area contributed by atoms with E-state index in [4.69, 9.17) is 17.3 Å². The summed E-state index contributed by atoms with van der Waals surface area (Å²) in [5, 5.41) is 0.586. The van der Waals surface area contributed by atoms with Gasteiger partial charge in [0.05, 0.1) is 0 Å². The fraction of sp³-hybridized carbons (Fsp3) is 0.333. The number of halogens is 2. The molecule has 3 heteroatoms. The molecule has 1 aliphatic rings. The van der Waals surface area contributed by atoms with Crippen molar-refractivity contribution in [2.75, 3.05) is 0 Å². The second kappa shape index (κ2) is 5.78. The van der Waals surface area contributed by atoms with Crippen LogP contribution in [0.5, 0.6) is 0 Å². The number of fused-ring (bicyclic) bond motifs is 1. The third-order valence-corrected chi connectivity index (χ3v) is 4.76. The molecule has 0 aromatic heterocycles. The lowest BCUT2D eigenvalue weighted by atomic mass is 9.80. The Balaban J connectivity index is 2.02. The number of rotatable bonds is 2. The van der Waals surface area contributed by atoms with Gasteiger partial charge in [-0.25, -0.2) is 4.39 Å². The molecule has 1 unspecified atom stereocenters. The SMILES string of the molecule is NC1(Cc2cc(F)ccc2Cl)CCCCc2ccccc21. The molecule has 0 spiro atoms. The molecule has 2 aromatic rings. The van der Waals surface area contributed by atoms with E-state index >= 15 is 0 Å². The first-order chi connectivity index (χ1) is 10.1. The molecule has 0 radical (unpaired) electrons. The van der Waals surface area contributed by atoms with Gasteiger partial charge in [-0.2, -0.15) is 0 Å². The third-order valence-electron chi connectivity index (χ3n) is 4.39. The average Bonchev–Trinajstić information content (AvgIpc) is 2.63. The van der Waals surface area contributed by atoms with Crippen LogP contribution in [0.15, 0.2) is 42.5 Å². The van der Waals surface area contributed by atoms with Gasteiger partial charge in [-0.1, -0.05) is 42.3 Å². The lowest BCUT2D eigenvalue weighted by molar-refractivity contribution is 0.398. The third kappa shape index (κ3) is 2.97. The number of hydrogen-bond acceptors (Lipinski definition) is 1. The highest BCUT2D eigenvalue weighted by Crippen LogP contribution is 2.36. The summed E-state index contributed by atoms with van der Waals surface area (Å²) >= 11 is 6.22. The molecule has 0 aliphatic heterocycles. The highest BCUT2D eigenvalue weighted by Gasteiger charge is 2.31. The van der Waals surface area contributed by atoms with E-state index in [0.717, 1.165) is 31.2 Å². The topological polar surface area (TPSA) is 26.0 Å². The molecule has 0 fully saturated rings. The Bertz CT molecular complexity index is 655. The predicted molar refractivity (Wildman–Crippen MR) is 85.0 cm³/mol. The molecule has 110 valence electrons. The van der Waals surface area contributed by atoms with Crippen molar-refractivity contribution in [3.05, 3.63) is 70.0 Å². The fourth-order valence-electron chi connectivity index (χ4n) is 3.32. The summed E-state index contributed by atoms with van der Waals surface area (Å²) in [6.45, 7) is 0. The largest absolute Gasteiger partial charge is 0.321 e. The Morgan fingerprint density at radius 2 is 1.95 bits per heavy atom. The number of nitrogens with two attached hydrogens (primary N) is 1. The van der Waals surface area contributed by atoms with E-state index in [2.05, 4.69) is 18.2 Å². The lowest BCUT2D eigenvalue weighted by Crippen LogP contribution is -2.39. The van der Waals surface area contributed by atoms with Crippen molar-refractivity contribution < 1.29 is 4.39 Å². The zero-order valence-electron chi connectivity index (χ0n) is 11.9. The summed E-state index contributed by atoms with van der Waals surface area (Å²) in [7, 11) is 0. The van der Waals surface area contributed by atoms with Crippen LogP contribution in [0, 0.1) is 5.82 Å². The molecule has 21 heavy (non-hydrogen) atoms. The molecule has 0 saturated heterocycles. The molecule has 1 atom stereocenters. The molecule has 0 bridgehead atoms. The maximum absolute atomic E-state index is 13.5. The Kier molecular flexibility index (Phi) is 4.01. The molecule has 0 heterocycles. The average molecular weight is 304 g/mol. The van der Waals surface area contributed by atoms with Crippen LogP contribution in [0.2, 0.25) is 5.02 Å². The highest BCUT2D eigenvalue weighted by molar-refractivity contribution is 6.31. The van der Waals surface area contributed by atoms with E-state index in [-0.39, 0.29) is 5.82 Å². The molecule has 3 rings (SSSR count). The molecule has 1 nitrogen and oxygen atoms in total. The minimum atomic E-state index is -0.468. The molecule has 2 aromatic carbocycles. The normalized spacial score (nSPS) is 21.7. The van der Waals surface area contributed by atoms with Gasteiger partial charge < -0.3 is 5.73 Å². The fourth-order valence-corrected chi connectivity index (χ4v) is 3.50. The van der Waals surface area contributed by atoms with E-state index in [1.807, 2.05) is 6.07 Å². The summed E-state index contributed by atoms with van der Waals surface area (Å²) < 4.78 is 13.5. The van der Waals surface area contributed by atoms with E-state index in [1.54, 1.807) is 6.07 Å². The van der Waals surface area contributed by atoms with Crippen LogP contribution in [-0.4, -0.2) is 0 Å². The highest BCUT2D eigenvalue weighted by atomic mass is 35.5. The molecule has 0 amide bonds.